The van der Waals surface area contributed by atoms with Gasteiger partial charge in [-0.15, -0.1) is 0 Å². The lowest BCUT2D eigenvalue weighted by atomic mass is 10.1. The summed E-state index contributed by atoms with van der Waals surface area (Å²) in [5.41, 5.74) is 5.58. The molecule has 0 amide bonds. The highest BCUT2D eigenvalue weighted by Crippen LogP contribution is 2.13. The quantitative estimate of drug-likeness (QED) is 0.628. The minimum atomic E-state index is -0.315. The SMILES string of the molecule is CC(=O)[C@@H](N)CCSC[C@H](C)C(C)O. The van der Waals surface area contributed by atoms with Gasteiger partial charge in [-0.25, -0.2) is 0 Å². The summed E-state index contributed by atoms with van der Waals surface area (Å²) < 4.78 is 0. The van der Waals surface area contributed by atoms with Crippen molar-refractivity contribution >= 4 is 17.5 Å². The molecule has 3 N–H and O–H groups in total. The van der Waals surface area contributed by atoms with Gasteiger partial charge in [0.2, 0.25) is 0 Å². The summed E-state index contributed by atoms with van der Waals surface area (Å²) in [5.74, 6) is 2.16. The van der Waals surface area contributed by atoms with E-state index in [2.05, 4.69) is 0 Å². The van der Waals surface area contributed by atoms with Crippen LogP contribution in [0.15, 0.2) is 0 Å². The smallest absolute Gasteiger partial charge is 0.146 e. The molecule has 0 rings (SSSR count). The van der Waals surface area contributed by atoms with Crippen LogP contribution in [0.3, 0.4) is 0 Å². The van der Waals surface area contributed by atoms with Crippen molar-refractivity contribution in [2.75, 3.05) is 11.5 Å². The van der Waals surface area contributed by atoms with Gasteiger partial charge in [-0.1, -0.05) is 6.92 Å². The molecule has 0 aromatic carbocycles. The molecule has 84 valence electrons. The van der Waals surface area contributed by atoms with Crippen LogP contribution in [0.25, 0.3) is 0 Å². The Kier molecular flexibility index (Phi) is 7.23. The Morgan fingerprint density at radius 2 is 2.07 bits per heavy atom. The molecule has 0 aliphatic carbocycles. The van der Waals surface area contributed by atoms with E-state index in [1.54, 1.807) is 18.7 Å². The predicted molar refractivity (Wildman–Crippen MR) is 61.4 cm³/mol. The average molecular weight is 219 g/mol. The lowest BCUT2D eigenvalue weighted by Crippen LogP contribution is -2.28. The summed E-state index contributed by atoms with van der Waals surface area (Å²) in [6.45, 7) is 5.34. The summed E-state index contributed by atoms with van der Waals surface area (Å²) in [7, 11) is 0. The normalized spacial score (nSPS) is 17.5. The summed E-state index contributed by atoms with van der Waals surface area (Å²) >= 11 is 1.74. The molecule has 0 saturated carbocycles. The van der Waals surface area contributed by atoms with Crippen LogP contribution in [0.2, 0.25) is 0 Å². The molecule has 0 aromatic heterocycles. The first-order valence-corrected chi connectivity index (χ1v) is 6.12. The molecule has 0 spiro atoms. The van der Waals surface area contributed by atoms with E-state index >= 15 is 0 Å². The lowest BCUT2D eigenvalue weighted by Gasteiger charge is -2.14. The third-order valence-corrected chi connectivity index (χ3v) is 3.59. The number of hydrogen-bond donors (Lipinski definition) is 2. The van der Waals surface area contributed by atoms with Gasteiger partial charge in [0.25, 0.3) is 0 Å². The van der Waals surface area contributed by atoms with Gasteiger partial charge in [-0.2, -0.15) is 11.8 Å². The third-order valence-electron chi connectivity index (χ3n) is 2.30. The number of carbonyl (C=O) groups excluding carboxylic acids is 1. The van der Waals surface area contributed by atoms with Crippen molar-refractivity contribution in [1.29, 1.82) is 0 Å². The number of aliphatic hydroxyl groups is 1. The molecule has 0 aliphatic heterocycles. The van der Waals surface area contributed by atoms with E-state index in [1.807, 2.05) is 6.92 Å². The van der Waals surface area contributed by atoms with E-state index in [4.69, 9.17) is 5.73 Å². The number of aliphatic hydroxyl groups excluding tert-OH is 1. The van der Waals surface area contributed by atoms with Gasteiger partial charge in [0.1, 0.15) is 5.78 Å². The van der Waals surface area contributed by atoms with E-state index in [1.165, 1.54) is 6.92 Å². The maximum Gasteiger partial charge on any atom is 0.146 e. The molecule has 0 fully saturated rings. The monoisotopic (exact) mass is 219 g/mol. The zero-order chi connectivity index (χ0) is 11.1. The van der Waals surface area contributed by atoms with Gasteiger partial charge in [0, 0.05) is 0 Å². The van der Waals surface area contributed by atoms with E-state index in [-0.39, 0.29) is 17.9 Å². The van der Waals surface area contributed by atoms with Crippen LogP contribution in [0.4, 0.5) is 0 Å². The minimum absolute atomic E-state index is 0.0502. The summed E-state index contributed by atoms with van der Waals surface area (Å²) in [6.07, 6.45) is 0.468. The molecule has 0 aliphatic rings. The molecular formula is C10H21NO2S. The summed E-state index contributed by atoms with van der Waals surface area (Å²) in [6, 6.07) is -0.315. The van der Waals surface area contributed by atoms with Gasteiger partial charge >= 0.3 is 0 Å². The number of carbonyl (C=O) groups is 1. The highest BCUT2D eigenvalue weighted by atomic mass is 32.2. The molecule has 3 atom stereocenters. The van der Waals surface area contributed by atoms with E-state index < -0.39 is 0 Å². The molecule has 0 radical (unpaired) electrons. The molecule has 14 heavy (non-hydrogen) atoms. The van der Waals surface area contributed by atoms with E-state index in [9.17, 15) is 9.90 Å². The fourth-order valence-corrected chi connectivity index (χ4v) is 2.06. The van der Waals surface area contributed by atoms with E-state index in [0.29, 0.717) is 5.92 Å². The Hall–Kier alpha value is -0.0600. The van der Waals surface area contributed by atoms with Crippen molar-refractivity contribution in [2.45, 2.75) is 39.3 Å². The van der Waals surface area contributed by atoms with Crippen LogP contribution >= 0.6 is 11.8 Å². The summed E-state index contributed by atoms with van der Waals surface area (Å²) in [5, 5.41) is 9.23. The Balaban J connectivity index is 3.42. The Morgan fingerprint density at radius 3 is 2.50 bits per heavy atom. The molecule has 4 heteroatoms. The summed E-state index contributed by atoms with van der Waals surface area (Å²) in [4.78, 5) is 10.8. The van der Waals surface area contributed by atoms with Crippen LogP contribution in [-0.2, 0) is 4.79 Å². The van der Waals surface area contributed by atoms with Crippen LogP contribution in [-0.4, -0.2) is 34.5 Å². The number of ketones is 1. The van der Waals surface area contributed by atoms with Crippen LogP contribution in [0, 0.1) is 5.92 Å². The van der Waals surface area contributed by atoms with Crippen molar-refractivity contribution in [3.63, 3.8) is 0 Å². The molecule has 0 heterocycles. The van der Waals surface area contributed by atoms with Crippen molar-refractivity contribution in [3.8, 4) is 0 Å². The standard InChI is InChI=1S/C10H21NO2S/c1-7(8(2)12)6-14-5-4-10(11)9(3)13/h7-8,10,12H,4-6,11H2,1-3H3/t7-,8?,10-/m0/s1. The zero-order valence-electron chi connectivity index (χ0n) is 9.19. The topological polar surface area (TPSA) is 63.3 Å². The highest BCUT2D eigenvalue weighted by Gasteiger charge is 2.10. The van der Waals surface area contributed by atoms with E-state index in [0.717, 1.165) is 17.9 Å². The number of thioether (sulfide) groups is 1. The van der Waals surface area contributed by atoms with Crippen molar-refractivity contribution in [2.24, 2.45) is 11.7 Å². The highest BCUT2D eigenvalue weighted by molar-refractivity contribution is 7.99. The second-order valence-corrected chi connectivity index (χ2v) is 4.95. The first kappa shape index (κ1) is 13.9. The number of Topliss-reactive ketones (excluding diaryl/α,β-unsaturated/α-hetero) is 1. The largest absolute Gasteiger partial charge is 0.393 e. The molecule has 0 bridgehead atoms. The number of rotatable bonds is 7. The van der Waals surface area contributed by atoms with Gasteiger partial charge in [0.15, 0.2) is 0 Å². The first-order chi connectivity index (χ1) is 6.45. The third kappa shape index (κ3) is 6.40. The number of hydrogen-bond acceptors (Lipinski definition) is 4. The molecule has 3 nitrogen and oxygen atoms in total. The zero-order valence-corrected chi connectivity index (χ0v) is 10.0. The van der Waals surface area contributed by atoms with Gasteiger partial charge in [-0.3, -0.25) is 4.79 Å². The average Bonchev–Trinajstić information content (AvgIpc) is 2.11. The van der Waals surface area contributed by atoms with Gasteiger partial charge in [0.05, 0.1) is 12.1 Å². The fraction of sp³-hybridized carbons (Fsp3) is 0.900. The first-order valence-electron chi connectivity index (χ1n) is 4.97. The Labute approximate surface area is 90.4 Å². The predicted octanol–water partition coefficient (Wildman–Crippen LogP) is 1.04. The van der Waals surface area contributed by atoms with Crippen LogP contribution in [0.1, 0.15) is 27.2 Å². The molecule has 0 aromatic rings. The Morgan fingerprint density at radius 1 is 1.50 bits per heavy atom. The molecule has 0 saturated heterocycles. The maximum atomic E-state index is 10.8. The fourth-order valence-electron chi connectivity index (χ4n) is 0.822. The van der Waals surface area contributed by atoms with Crippen molar-refractivity contribution in [1.82, 2.24) is 0 Å². The van der Waals surface area contributed by atoms with Gasteiger partial charge in [-0.05, 0) is 37.7 Å². The van der Waals surface area contributed by atoms with Gasteiger partial charge < -0.3 is 10.8 Å². The molecular weight excluding hydrogens is 198 g/mol. The molecule has 1 unspecified atom stereocenters. The van der Waals surface area contributed by atoms with Crippen molar-refractivity contribution in [3.05, 3.63) is 0 Å². The minimum Gasteiger partial charge on any atom is -0.393 e. The lowest BCUT2D eigenvalue weighted by molar-refractivity contribution is -0.118. The van der Waals surface area contributed by atoms with Crippen molar-refractivity contribution < 1.29 is 9.90 Å². The maximum absolute atomic E-state index is 10.8. The Bertz CT molecular complexity index is 174. The second-order valence-electron chi connectivity index (χ2n) is 3.80. The second kappa shape index (κ2) is 7.26. The van der Waals surface area contributed by atoms with Crippen LogP contribution < -0.4 is 5.73 Å². The number of nitrogens with two attached hydrogens (primary N) is 1. The van der Waals surface area contributed by atoms with Crippen LogP contribution in [0.5, 0.6) is 0 Å².